The van der Waals surface area contributed by atoms with Gasteiger partial charge in [-0.3, -0.25) is 4.90 Å². The zero-order chi connectivity index (χ0) is 13.1. The average Bonchev–Trinajstić information content (AvgIpc) is 2.46. The van der Waals surface area contributed by atoms with Crippen molar-refractivity contribution < 1.29 is 13.2 Å². The Morgan fingerprint density at radius 3 is 2.41 bits per heavy atom. The summed E-state index contributed by atoms with van der Waals surface area (Å²) in [5.41, 5.74) is 0.226. The minimum atomic E-state index is -4.06. The van der Waals surface area contributed by atoms with Gasteiger partial charge in [0.2, 0.25) is 0 Å². The molecule has 0 aromatic carbocycles. The highest BCUT2D eigenvalue weighted by atomic mass is 19.4. The predicted molar refractivity (Wildman–Crippen MR) is 62.9 cm³/mol. The van der Waals surface area contributed by atoms with Crippen molar-refractivity contribution in [3.05, 3.63) is 0 Å². The number of hydrogen-bond donors (Lipinski definition) is 1. The van der Waals surface area contributed by atoms with Gasteiger partial charge in [0, 0.05) is 6.54 Å². The molecule has 5 heteroatoms. The Labute approximate surface area is 102 Å². The van der Waals surface area contributed by atoms with Crippen LogP contribution in [0.3, 0.4) is 0 Å². The number of nitrogens with one attached hydrogen (secondary N) is 1. The smallest absolute Gasteiger partial charge is 0.316 e. The Hall–Kier alpha value is -0.290. The second kappa shape index (κ2) is 5.57. The van der Waals surface area contributed by atoms with E-state index >= 15 is 0 Å². The number of halogens is 3. The highest BCUT2D eigenvalue weighted by Gasteiger charge is 2.34. The van der Waals surface area contributed by atoms with Crippen LogP contribution in [0.1, 0.15) is 27.2 Å². The number of rotatable bonds is 4. The third kappa shape index (κ3) is 6.88. The van der Waals surface area contributed by atoms with Gasteiger partial charge in [-0.25, -0.2) is 0 Å². The topological polar surface area (TPSA) is 15.3 Å². The van der Waals surface area contributed by atoms with Gasteiger partial charge in [-0.1, -0.05) is 20.8 Å². The van der Waals surface area contributed by atoms with E-state index in [1.165, 1.54) is 4.90 Å². The lowest BCUT2D eigenvalue weighted by molar-refractivity contribution is -0.143. The minimum absolute atomic E-state index is 0.226. The van der Waals surface area contributed by atoms with E-state index in [-0.39, 0.29) is 5.41 Å². The molecule has 1 rings (SSSR count). The van der Waals surface area contributed by atoms with E-state index in [2.05, 4.69) is 26.1 Å². The fourth-order valence-electron chi connectivity index (χ4n) is 2.13. The summed E-state index contributed by atoms with van der Waals surface area (Å²) in [5.74, 6) is 0.361. The van der Waals surface area contributed by atoms with Crippen molar-refractivity contribution in [2.75, 3.05) is 32.7 Å². The van der Waals surface area contributed by atoms with Gasteiger partial charge < -0.3 is 5.32 Å². The summed E-state index contributed by atoms with van der Waals surface area (Å²) in [6.07, 6.45) is -3.19. The van der Waals surface area contributed by atoms with Crippen LogP contribution in [-0.2, 0) is 0 Å². The molecular formula is C12H23F3N2. The summed E-state index contributed by atoms with van der Waals surface area (Å²) in [6, 6.07) is 0. The molecule has 102 valence electrons. The second-order valence-electron chi connectivity index (χ2n) is 6.20. The van der Waals surface area contributed by atoms with Gasteiger partial charge in [-0.2, -0.15) is 13.2 Å². The number of likely N-dealkylation sites (tertiary alicyclic amines) is 1. The van der Waals surface area contributed by atoms with Crippen molar-refractivity contribution in [3.63, 3.8) is 0 Å². The molecule has 1 atom stereocenters. The van der Waals surface area contributed by atoms with Crippen LogP contribution >= 0.6 is 0 Å². The monoisotopic (exact) mass is 252 g/mol. The van der Waals surface area contributed by atoms with E-state index < -0.39 is 12.7 Å². The summed E-state index contributed by atoms with van der Waals surface area (Å²) >= 11 is 0. The molecule has 2 nitrogen and oxygen atoms in total. The first-order chi connectivity index (χ1) is 7.66. The van der Waals surface area contributed by atoms with Gasteiger partial charge in [0.25, 0.3) is 0 Å². The van der Waals surface area contributed by atoms with Gasteiger partial charge in [0.05, 0.1) is 6.54 Å². The summed E-state index contributed by atoms with van der Waals surface area (Å²) in [6.45, 7) is 8.54. The minimum Gasteiger partial charge on any atom is -0.316 e. The summed E-state index contributed by atoms with van der Waals surface area (Å²) in [4.78, 5) is 1.50. The number of hydrogen-bond acceptors (Lipinski definition) is 2. The van der Waals surface area contributed by atoms with Crippen LogP contribution in [-0.4, -0.2) is 43.8 Å². The third-order valence-corrected chi connectivity index (χ3v) is 2.86. The molecule has 0 saturated carbocycles. The molecule has 0 radical (unpaired) electrons. The van der Waals surface area contributed by atoms with Crippen molar-refractivity contribution in [3.8, 4) is 0 Å². The van der Waals surface area contributed by atoms with Crippen LogP contribution in [0.15, 0.2) is 0 Å². The van der Waals surface area contributed by atoms with Gasteiger partial charge in [0.15, 0.2) is 0 Å². The molecule has 1 N–H and O–H groups in total. The molecule has 1 fully saturated rings. The molecule has 0 aromatic heterocycles. The molecule has 0 aliphatic carbocycles. The van der Waals surface area contributed by atoms with Crippen molar-refractivity contribution in [2.45, 2.75) is 33.4 Å². The quantitative estimate of drug-likeness (QED) is 0.827. The molecule has 0 bridgehead atoms. The van der Waals surface area contributed by atoms with Crippen LogP contribution in [0, 0.1) is 11.3 Å². The van der Waals surface area contributed by atoms with E-state index in [0.29, 0.717) is 19.0 Å². The zero-order valence-electron chi connectivity index (χ0n) is 10.9. The average molecular weight is 252 g/mol. The van der Waals surface area contributed by atoms with E-state index in [9.17, 15) is 13.2 Å². The van der Waals surface area contributed by atoms with E-state index in [1.54, 1.807) is 0 Å². The lowest BCUT2D eigenvalue weighted by Crippen LogP contribution is -2.35. The molecule has 1 aliphatic rings. The van der Waals surface area contributed by atoms with Crippen molar-refractivity contribution >= 4 is 0 Å². The van der Waals surface area contributed by atoms with Crippen molar-refractivity contribution in [2.24, 2.45) is 11.3 Å². The molecule has 1 saturated heterocycles. The van der Waals surface area contributed by atoms with Gasteiger partial charge in [-0.15, -0.1) is 0 Å². The molecular weight excluding hydrogens is 229 g/mol. The fraction of sp³-hybridized carbons (Fsp3) is 1.00. The molecule has 1 aliphatic heterocycles. The summed E-state index contributed by atoms with van der Waals surface area (Å²) < 4.78 is 36.6. The number of nitrogens with zero attached hydrogens (tertiary/aromatic N) is 1. The Morgan fingerprint density at radius 2 is 1.88 bits per heavy atom. The first-order valence-corrected chi connectivity index (χ1v) is 6.15. The molecule has 0 aromatic rings. The Bertz CT molecular complexity index is 233. The lowest BCUT2D eigenvalue weighted by Gasteiger charge is -2.21. The van der Waals surface area contributed by atoms with Gasteiger partial charge in [0.1, 0.15) is 0 Å². The Morgan fingerprint density at radius 1 is 1.24 bits per heavy atom. The summed E-state index contributed by atoms with van der Waals surface area (Å²) in [5, 5.41) is 3.34. The van der Waals surface area contributed by atoms with Crippen LogP contribution < -0.4 is 5.32 Å². The van der Waals surface area contributed by atoms with E-state index in [1.807, 2.05) is 0 Å². The highest BCUT2D eigenvalue weighted by Crippen LogP contribution is 2.22. The van der Waals surface area contributed by atoms with Crippen molar-refractivity contribution in [1.82, 2.24) is 10.2 Å². The van der Waals surface area contributed by atoms with Gasteiger partial charge >= 0.3 is 6.18 Å². The largest absolute Gasteiger partial charge is 0.401 e. The Balaban J connectivity index is 2.18. The maximum atomic E-state index is 12.2. The molecule has 1 heterocycles. The van der Waals surface area contributed by atoms with Gasteiger partial charge in [-0.05, 0) is 37.4 Å². The first kappa shape index (κ1) is 14.8. The molecule has 0 spiro atoms. The van der Waals surface area contributed by atoms with Crippen LogP contribution in [0.2, 0.25) is 0 Å². The van der Waals surface area contributed by atoms with Crippen LogP contribution in [0.4, 0.5) is 13.2 Å². The molecule has 1 unspecified atom stereocenters. The molecule has 17 heavy (non-hydrogen) atoms. The predicted octanol–water partition coefficient (Wildman–Crippen LogP) is 2.51. The standard InChI is InChI=1S/C12H23F3N2/c1-11(2,3)8-16-6-10-4-5-17(7-10)9-12(13,14)15/h10,16H,4-9H2,1-3H3. The van der Waals surface area contributed by atoms with Crippen LogP contribution in [0.5, 0.6) is 0 Å². The zero-order valence-corrected chi connectivity index (χ0v) is 10.9. The maximum absolute atomic E-state index is 12.2. The van der Waals surface area contributed by atoms with Crippen LogP contribution in [0.25, 0.3) is 0 Å². The Kier molecular flexibility index (Phi) is 4.84. The lowest BCUT2D eigenvalue weighted by atomic mass is 9.96. The second-order valence-corrected chi connectivity index (χ2v) is 6.20. The van der Waals surface area contributed by atoms with E-state index in [0.717, 1.165) is 19.5 Å². The highest BCUT2D eigenvalue weighted by molar-refractivity contribution is 4.79. The van der Waals surface area contributed by atoms with Crippen molar-refractivity contribution in [1.29, 1.82) is 0 Å². The maximum Gasteiger partial charge on any atom is 0.401 e. The van der Waals surface area contributed by atoms with E-state index in [4.69, 9.17) is 0 Å². The first-order valence-electron chi connectivity index (χ1n) is 6.15. The fourth-order valence-corrected chi connectivity index (χ4v) is 2.13. The number of alkyl halides is 3. The normalized spacial score (nSPS) is 23.3. The summed E-state index contributed by atoms with van der Waals surface area (Å²) in [7, 11) is 0. The SMILES string of the molecule is CC(C)(C)CNCC1CCN(CC(F)(F)F)C1. The molecule has 0 amide bonds. The third-order valence-electron chi connectivity index (χ3n) is 2.86.